The van der Waals surface area contributed by atoms with E-state index < -0.39 is 11.8 Å². The molecule has 0 atom stereocenters. The standard InChI is InChI=1S/C31H25N3O5S/c1-38-24-15-11-20(12-16-24)29(35)33-22-7-6-10-26(19-22)40-28-27(32-21-13-17-25(39-2)18-14-21)30(36)34(31(28)37)23-8-4-3-5-9-23/h3-19,32H,1-2H3,(H,33,35). The maximum Gasteiger partial charge on any atom is 0.283 e. The van der Waals surface area contributed by atoms with Crippen LogP contribution in [-0.2, 0) is 9.59 Å². The minimum atomic E-state index is -0.460. The van der Waals surface area contributed by atoms with Gasteiger partial charge < -0.3 is 20.1 Å². The van der Waals surface area contributed by atoms with E-state index in [1.807, 2.05) is 12.1 Å². The van der Waals surface area contributed by atoms with Crippen molar-refractivity contribution >= 4 is 46.5 Å². The first-order valence-corrected chi connectivity index (χ1v) is 13.1. The van der Waals surface area contributed by atoms with Crippen LogP contribution in [-0.4, -0.2) is 31.9 Å². The molecular formula is C31H25N3O5S. The zero-order valence-electron chi connectivity index (χ0n) is 21.7. The molecule has 1 aliphatic heterocycles. The van der Waals surface area contributed by atoms with Crippen LogP contribution in [0.3, 0.4) is 0 Å². The van der Waals surface area contributed by atoms with Gasteiger partial charge in [-0.05, 0) is 78.9 Å². The Morgan fingerprint density at radius 3 is 2.02 bits per heavy atom. The van der Waals surface area contributed by atoms with Gasteiger partial charge >= 0.3 is 0 Å². The first-order valence-electron chi connectivity index (χ1n) is 12.3. The Morgan fingerprint density at radius 1 is 0.725 bits per heavy atom. The molecule has 9 heteroatoms. The maximum atomic E-state index is 13.6. The van der Waals surface area contributed by atoms with Crippen LogP contribution in [0.4, 0.5) is 17.1 Å². The lowest BCUT2D eigenvalue weighted by Crippen LogP contribution is -2.32. The number of hydrogen-bond donors (Lipinski definition) is 2. The number of methoxy groups -OCH3 is 2. The summed E-state index contributed by atoms with van der Waals surface area (Å²) in [5, 5.41) is 6.01. The minimum absolute atomic E-state index is 0.164. The van der Waals surface area contributed by atoms with Gasteiger partial charge in [0, 0.05) is 21.8 Å². The molecule has 4 aromatic rings. The zero-order chi connectivity index (χ0) is 28.1. The highest BCUT2D eigenvalue weighted by molar-refractivity contribution is 8.04. The van der Waals surface area contributed by atoms with Crippen LogP contribution in [0.2, 0.25) is 0 Å². The Hall–Kier alpha value is -5.02. The fraction of sp³-hybridized carbons (Fsp3) is 0.0645. The summed E-state index contributed by atoms with van der Waals surface area (Å²) in [4.78, 5) is 42.0. The maximum absolute atomic E-state index is 13.6. The number of thioether (sulfide) groups is 1. The largest absolute Gasteiger partial charge is 0.497 e. The number of nitrogens with one attached hydrogen (secondary N) is 2. The van der Waals surface area contributed by atoms with Crippen molar-refractivity contribution in [2.45, 2.75) is 4.90 Å². The molecular weight excluding hydrogens is 526 g/mol. The Balaban J connectivity index is 1.42. The fourth-order valence-electron chi connectivity index (χ4n) is 4.05. The Kier molecular flexibility index (Phi) is 7.84. The van der Waals surface area contributed by atoms with E-state index in [0.29, 0.717) is 39.0 Å². The molecule has 0 spiro atoms. The normalized spacial score (nSPS) is 12.9. The minimum Gasteiger partial charge on any atom is -0.497 e. The number of amides is 3. The summed E-state index contributed by atoms with van der Waals surface area (Å²) in [5.41, 5.74) is 2.29. The second-order valence-corrected chi connectivity index (χ2v) is 9.74. The average molecular weight is 552 g/mol. The third-order valence-corrected chi connectivity index (χ3v) is 7.15. The molecule has 4 aromatic carbocycles. The smallest absolute Gasteiger partial charge is 0.283 e. The van der Waals surface area contributed by atoms with Crippen molar-refractivity contribution in [1.29, 1.82) is 0 Å². The third kappa shape index (κ3) is 5.69. The third-order valence-electron chi connectivity index (χ3n) is 6.08. The molecule has 0 bridgehead atoms. The Morgan fingerprint density at radius 2 is 1.38 bits per heavy atom. The van der Waals surface area contributed by atoms with E-state index in [1.165, 1.54) is 0 Å². The van der Waals surface area contributed by atoms with Gasteiger partial charge in [-0.1, -0.05) is 36.0 Å². The van der Waals surface area contributed by atoms with Crippen LogP contribution in [0.5, 0.6) is 11.5 Å². The van der Waals surface area contributed by atoms with Crippen LogP contribution in [0.25, 0.3) is 0 Å². The predicted octanol–water partition coefficient (Wildman–Crippen LogP) is 5.95. The number of rotatable bonds is 9. The van der Waals surface area contributed by atoms with Crippen molar-refractivity contribution in [1.82, 2.24) is 0 Å². The zero-order valence-corrected chi connectivity index (χ0v) is 22.5. The average Bonchev–Trinajstić information content (AvgIpc) is 3.22. The number of anilines is 3. The van der Waals surface area contributed by atoms with Crippen LogP contribution >= 0.6 is 11.8 Å². The van der Waals surface area contributed by atoms with Crippen LogP contribution < -0.4 is 25.0 Å². The summed E-state index contributed by atoms with van der Waals surface area (Å²) in [6.07, 6.45) is 0. The number of benzene rings is 4. The Bertz CT molecular complexity index is 1590. The van der Waals surface area contributed by atoms with Gasteiger partial charge in [-0.3, -0.25) is 14.4 Å². The SMILES string of the molecule is COc1ccc(NC2=C(Sc3cccc(NC(=O)c4ccc(OC)cc4)c3)C(=O)N(c3ccccc3)C2=O)cc1. The molecule has 2 N–H and O–H groups in total. The summed E-state index contributed by atoms with van der Waals surface area (Å²) >= 11 is 1.15. The van der Waals surface area contributed by atoms with E-state index in [9.17, 15) is 14.4 Å². The summed E-state index contributed by atoms with van der Waals surface area (Å²) in [7, 11) is 3.14. The second kappa shape index (κ2) is 11.8. The lowest BCUT2D eigenvalue weighted by atomic mass is 10.2. The molecule has 0 saturated carbocycles. The first kappa shape index (κ1) is 26.6. The highest BCUT2D eigenvalue weighted by Crippen LogP contribution is 2.38. The van der Waals surface area contributed by atoms with Gasteiger partial charge in [-0.2, -0.15) is 0 Å². The number of imide groups is 1. The number of hydrogen-bond acceptors (Lipinski definition) is 7. The van der Waals surface area contributed by atoms with Crippen molar-refractivity contribution < 1.29 is 23.9 Å². The van der Waals surface area contributed by atoms with Gasteiger partial charge in [0.05, 0.1) is 19.9 Å². The summed E-state index contributed by atoms with van der Waals surface area (Å²) in [5.74, 6) is 0.140. The first-order chi connectivity index (χ1) is 19.5. The summed E-state index contributed by atoms with van der Waals surface area (Å²) < 4.78 is 10.4. The molecule has 0 radical (unpaired) electrons. The predicted molar refractivity (Wildman–Crippen MR) is 156 cm³/mol. The number of ether oxygens (including phenoxy) is 2. The summed E-state index contributed by atoms with van der Waals surface area (Å²) in [6, 6.07) is 29.7. The monoisotopic (exact) mass is 551 g/mol. The molecule has 5 rings (SSSR count). The molecule has 1 heterocycles. The molecule has 1 aliphatic rings. The molecule has 0 saturated heterocycles. The van der Waals surface area contributed by atoms with Gasteiger partial charge in [0.25, 0.3) is 17.7 Å². The van der Waals surface area contributed by atoms with E-state index in [4.69, 9.17) is 9.47 Å². The van der Waals surface area contributed by atoms with Crippen molar-refractivity contribution in [2.24, 2.45) is 0 Å². The molecule has 0 unspecified atom stereocenters. The molecule has 200 valence electrons. The van der Waals surface area contributed by atoms with Gasteiger partial charge in [0.15, 0.2) is 0 Å². The van der Waals surface area contributed by atoms with Crippen molar-refractivity contribution in [3.8, 4) is 11.5 Å². The molecule has 0 aliphatic carbocycles. The highest BCUT2D eigenvalue weighted by atomic mass is 32.2. The van der Waals surface area contributed by atoms with Crippen LogP contribution in [0.1, 0.15) is 10.4 Å². The molecule has 0 aromatic heterocycles. The molecule has 3 amide bonds. The number of carbonyl (C=O) groups is 3. The van der Waals surface area contributed by atoms with Crippen LogP contribution in [0.15, 0.2) is 119 Å². The van der Waals surface area contributed by atoms with Crippen molar-refractivity contribution in [2.75, 3.05) is 29.8 Å². The topological polar surface area (TPSA) is 97.0 Å². The van der Waals surface area contributed by atoms with E-state index in [0.717, 1.165) is 16.7 Å². The van der Waals surface area contributed by atoms with Crippen molar-refractivity contribution in [3.05, 3.63) is 119 Å². The second-order valence-electron chi connectivity index (χ2n) is 8.65. The van der Waals surface area contributed by atoms with Crippen LogP contribution in [0, 0.1) is 0 Å². The lowest BCUT2D eigenvalue weighted by Gasteiger charge is -2.15. The van der Waals surface area contributed by atoms with E-state index in [-0.39, 0.29) is 16.5 Å². The lowest BCUT2D eigenvalue weighted by molar-refractivity contribution is -0.120. The molecule has 0 fully saturated rings. The number of carbonyl (C=O) groups excluding carboxylic acids is 3. The number of nitrogens with zero attached hydrogens (tertiary/aromatic N) is 1. The summed E-state index contributed by atoms with van der Waals surface area (Å²) in [6.45, 7) is 0. The van der Waals surface area contributed by atoms with E-state index in [1.54, 1.807) is 105 Å². The Labute approximate surface area is 235 Å². The fourth-order valence-corrected chi connectivity index (χ4v) is 5.03. The van der Waals surface area contributed by atoms with Gasteiger partial charge in [-0.25, -0.2) is 4.90 Å². The van der Waals surface area contributed by atoms with Gasteiger partial charge in [0.1, 0.15) is 22.1 Å². The van der Waals surface area contributed by atoms with Gasteiger partial charge in [0.2, 0.25) is 0 Å². The van der Waals surface area contributed by atoms with E-state index in [2.05, 4.69) is 10.6 Å². The molecule has 8 nitrogen and oxygen atoms in total. The van der Waals surface area contributed by atoms with Gasteiger partial charge in [-0.15, -0.1) is 0 Å². The van der Waals surface area contributed by atoms with Crippen molar-refractivity contribution in [3.63, 3.8) is 0 Å². The quantitative estimate of drug-likeness (QED) is 0.248. The number of para-hydroxylation sites is 1. The highest BCUT2D eigenvalue weighted by Gasteiger charge is 2.40. The van der Waals surface area contributed by atoms with E-state index >= 15 is 0 Å². The molecule has 40 heavy (non-hydrogen) atoms.